The Morgan fingerprint density at radius 2 is 1.88 bits per heavy atom. The molecule has 0 saturated carbocycles. The van der Waals surface area contributed by atoms with Gasteiger partial charge in [-0.05, 0) is 11.8 Å². The average Bonchev–Trinajstić information content (AvgIpc) is 2.94. The van der Waals surface area contributed by atoms with Crippen LogP contribution in [0.1, 0.15) is 27.7 Å². The van der Waals surface area contributed by atoms with Gasteiger partial charge >= 0.3 is 6.03 Å². The van der Waals surface area contributed by atoms with Crippen molar-refractivity contribution in [2.75, 3.05) is 31.2 Å². The summed E-state index contributed by atoms with van der Waals surface area (Å²) in [5.41, 5.74) is 5.09. The van der Waals surface area contributed by atoms with Crippen LogP contribution in [0.15, 0.2) is 5.16 Å². The molecule has 0 radical (unpaired) electrons. The van der Waals surface area contributed by atoms with E-state index in [4.69, 9.17) is 10.5 Å². The molecule has 1 aliphatic heterocycles. The Kier molecular flexibility index (Phi) is 7.27. The van der Waals surface area contributed by atoms with Crippen LogP contribution < -0.4 is 16.0 Å². The van der Waals surface area contributed by atoms with Gasteiger partial charge in [-0.3, -0.25) is 14.7 Å². The summed E-state index contributed by atoms with van der Waals surface area (Å²) in [4.78, 5) is 25.5. The van der Waals surface area contributed by atoms with Gasteiger partial charge in [-0.1, -0.05) is 39.5 Å². The zero-order chi connectivity index (χ0) is 19.3. The Balaban J connectivity index is 2.27. The number of aromatic nitrogens is 3. The molecule has 1 aromatic heterocycles. The van der Waals surface area contributed by atoms with Crippen LogP contribution >= 0.6 is 11.8 Å². The zero-order valence-electron chi connectivity index (χ0n) is 15.8. The summed E-state index contributed by atoms with van der Waals surface area (Å²) in [5, 5.41) is 11.0. The molecule has 26 heavy (non-hydrogen) atoms. The van der Waals surface area contributed by atoms with E-state index in [1.807, 2.05) is 18.4 Å². The fraction of sp³-hybridized carbons (Fsp3) is 0.750. The second-order valence-electron chi connectivity index (χ2n) is 7.02. The minimum absolute atomic E-state index is 0.00427. The van der Waals surface area contributed by atoms with Gasteiger partial charge in [0, 0.05) is 19.6 Å². The van der Waals surface area contributed by atoms with E-state index in [-0.39, 0.29) is 5.92 Å². The molecule has 1 atom stereocenters. The van der Waals surface area contributed by atoms with Gasteiger partial charge in [-0.25, -0.2) is 4.79 Å². The highest BCUT2D eigenvalue weighted by Gasteiger charge is 2.29. The molecule has 0 aliphatic carbocycles. The van der Waals surface area contributed by atoms with Gasteiger partial charge < -0.3 is 15.4 Å². The molecule has 1 saturated heterocycles. The largest absolute Gasteiger partial charge is 0.378 e. The Labute approximate surface area is 158 Å². The fourth-order valence-corrected chi connectivity index (χ4v) is 3.73. The van der Waals surface area contributed by atoms with E-state index in [1.54, 1.807) is 0 Å². The number of ether oxygens (including phenoxy) is 1. The van der Waals surface area contributed by atoms with Crippen LogP contribution in [-0.4, -0.2) is 58.3 Å². The Hall–Kier alpha value is -1.81. The summed E-state index contributed by atoms with van der Waals surface area (Å²) in [6.07, 6.45) is 0. The maximum absolute atomic E-state index is 12.3. The van der Waals surface area contributed by atoms with E-state index in [1.165, 1.54) is 11.8 Å². The third kappa shape index (κ3) is 5.34. The smallest absolute Gasteiger partial charge is 0.318 e. The van der Waals surface area contributed by atoms with Crippen molar-refractivity contribution in [3.05, 3.63) is 0 Å². The number of rotatable bonds is 7. The lowest BCUT2D eigenvalue weighted by Gasteiger charge is -2.28. The summed E-state index contributed by atoms with van der Waals surface area (Å²) in [6.45, 7) is 11.7. The minimum atomic E-state index is -0.848. The number of carbonyl (C=O) groups is 2. The Bertz CT molecular complexity index is 628. The monoisotopic (exact) mass is 384 g/mol. The Morgan fingerprint density at radius 1 is 1.23 bits per heavy atom. The number of carbonyl (C=O) groups excluding carboxylic acids is 2. The minimum Gasteiger partial charge on any atom is -0.378 e. The normalized spacial score (nSPS) is 16.2. The summed E-state index contributed by atoms with van der Waals surface area (Å²) in [5.74, 6) is 0.768. The second-order valence-corrected chi connectivity index (χ2v) is 8.13. The molecular weight excluding hydrogens is 356 g/mol. The number of primary amides is 1. The number of morpholine rings is 1. The maximum atomic E-state index is 12.3. The van der Waals surface area contributed by atoms with Crippen LogP contribution in [0.4, 0.5) is 10.7 Å². The highest BCUT2D eigenvalue weighted by Crippen LogP contribution is 2.30. The summed E-state index contributed by atoms with van der Waals surface area (Å²) < 4.78 is 7.46. The quantitative estimate of drug-likeness (QED) is 0.676. The van der Waals surface area contributed by atoms with Crippen LogP contribution in [0.3, 0.4) is 0 Å². The molecule has 0 bridgehead atoms. The lowest BCUT2D eigenvalue weighted by Crippen LogP contribution is -2.42. The third-order valence-corrected chi connectivity index (χ3v) is 5.41. The molecule has 1 aliphatic rings. The highest BCUT2D eigenvalue weighted by molar-refractivity contribution is 8.00. The van der Waals surface area contributed by atoms with E-state index in [2.05, 4.69) is 34.3 Å². The predicted molar refractivity (Wildman–Crippen MR) is 100 cm³/mol. The van der Waals surface area contributed by atoms with Crippen molar-refractivity contribution >= 4 is 29.6 Å². The number of nitrogens with one attached hydrogen (secondary N) is 1. The van der Waals surface area contributed by atoms with Gasteiger partial charge in [0.15, 0.2) is 5.16 Å². The lowest BCUT2D eigenvalue weighted by atomic mass is 10.1. The number of thioether (sulfide) groups is 1. The molecule has 1 aromatic rings. The van der Waals surface area contributed by atoms with Crippen LogP contribution in [0, 0.1) is 11.8 Å². The van der Waals surface area contributed by atoms with Gasteiger partial charge in [0.25, 0.3) is 0 Å². The van der Waals surface area contributed by atoms with E-state index in [0.717, 1.165) is 25.6 Å². The maximum Gasteiger partial charge on any atom is 0.318 e. The average molecular weight is 385 g/mol. The summed E-state index contributed by atoms with van der Waals surface area (Å²) in [6, 6.07) is -0.848. The molecule has 2 rings (SSSR count). The van der Waals surface area contributed by atoms with Crippen LogP contribution in [-0.2, 0) is 16.1 Å². The van der Waals surface area contributed by atoms with Crippen molar-refractivity contribution in [3.8, 4) is 0 Å². The van der Waals surface area contributed by atoms with Crippen LogP contribution in [0.2, 0.25) is 0 Å². The first kappa shape index (κ1) is 20.5. The molecule has 10 heteroatoms. The summed E-state index contributed by atoms with van der Waals surface area (Å²) >= 11 is 1.31. The molecule has 9 nitrogen and oxygen atoms in total. The standard InChI is InChI=1S/C16H28N6O3S/c1-10(2)9-22-15(21-5-7-25-8-6-21)19-20-16(22)26-12(11(3)4)13(23)18-14(17)24/h10-12H,5-9H2,1-4H3,(H3,17,18,23,24)/t12-/m1/s1. The fourth-order valence-electron chi connectivity index (χ4n) is 2.69. The number of imide groups is 1. The van der Waals surface area contributed by atoms with Crippen LogP contribution in [0.25, 0.3) is 0 Å². The number of hydrogen-bond acceptors (Lipinski definition) is 7. The number of hydrogen-bond donors (Lipinski definition) is 2. The number of urea groups is 1. The predicted octanol–water partition coefficient (Wildman–Crippen LogP) is 1.08. The van der Waals surface area contributed by atoms with E-state index in [0.29, 0.717) is 24.3 Å². The van der Waals surface area contributed by atoms with E-state index in [9.17, 15) is 9.59 Å². The molecule has 2 heterocycles. The van der Waals surface area contributed by atoms with Crippen molar-refractivity contribution in [3.63, 3.8) is 0 Å². The summed E-state index contributed by atoms with van der Waals surface area (Å²) in [7, 11) is 0. The van der Waals surface area contributed by atoms with Gasteiger partial charge in [-0.2, -0.15) is 0 Å². The molecule has 0 aromatic carbocycles. The van der Waals surface area contributed by atoms with E-state index < -0.39 is 17.2 Å². The van der Waals surface area contributed by atoms with Crippen LogP contribution in [0.5, 0.6) is 0 Å². The van der Waals surface area contributed by atoms with Gasteiger partial charge in [0.1, 0.15) is 0 Å². The van der Waals surface area contributed by atoms with Crippen molar-refractivity contribution < 1.29 is 14.3 Å². The first-order valence-corrected chi connectivity index (χ1v) is 9.70. The molecule has 3 amide bonds. The number of anilines is 1. The highest BCUT2D eigenvalue weighted by atomic mass is 32.2. The number of nitrogens with two attached hydrogens (primary N) is 1. The van der Waals surface area contributed by atoms with Crippen molar-refractivity contribution in [1.29, 1.82) is 0 Å². The molecular formula is C16H28N6O3S. The number of nitrogens with zero attached hydrogens (tertiary/aromatic N) is 4. The van der Waals surface area contributed by atoms with Crippen molar-refractivity contribution in [1.82, 2.24) is 20.1 Å². The first-order valence-electron chi connectivity index (χ1n) is 8.82. The van der Waals surface area contributed by atoms with Crippen molar-refractivity contribution in [2.45, 2.75) is 44.6 Å². The molecule has 3 N–H and O–H groups in total. The van der Waals surface area contributed by atoms with Gasteiger partial charge in [0.05, 0.1) is 18.5 Å². The SMILES string of the molecule is CC(C)Cn1c(S[C@@H](C(=O)NC(N)=O)C(C)C)nnc1N1CCOCC1. The molecule has 0 unspecified atom stereocenters. The topological polar surface area (TPSA) is 115 Å². The number of amides is 3. The zero-order valence-corrected chi connectivity index (χ0v) is 16.6. The third-order valence-electron chi connectivity index (χ3n) is 3.88. The Morgan fingerprint density at radius 3 is 2.42 bits per heavy atom. The lowest BCUT2D eigenvalue weighted by molar-refractivity contribution is -0.120. The molecule has 146 valence electrons. The molecule has 1 fully saturated rings. The van der Waals surface area contributed by atoms with E-state index >= 15 is 0 Å². The molecule has 0 spiro atoms. The first-order chi connectivity index (χ1) is 12.3. The second kappa shape index (κ2) is 9.22. The van der Waals surface area contributed by atoms with Crippen molar-refractivity contribution in [2.24, 2.45) is 17.6 Å². The van der Waals surface area contributed by atoms with Gasteiger partial charge in [0.2, 0.25) is 11.9 Å². The van der Waals surface area contributed by atoms with Gasteiger partial charge in [-0.15, -0.1) is 10.2 Å².